The molecule has 0 saturated carbocycles. The third-order valence-corrected chi connectivity index (χ3v) is 12.2. The van der Waals surface area contributed by atoms with E-state index in [0.29, 0.717) is 23.3 Å². The smallest absolute Gasteiger partial charge is 0.329 e. The summed E-state index contributed by atoms with van der Waals surface area (Å²) in [4.78, 5) is 128. The van der Waals surface area contributed by atoms with Gasteiger partial charge < -0.3 is 56.1 Å². The van der Waals surface area contributed by atoms with Gasteiger partial charge in [0.15, 0.2) is 0 Å². The molecule has 69 heavy (non-hydrogen) atoms. The Kier molecular flexibility index (Phi) is 20.5. The molecule has 378 valence electrons. The number of nitrogens with one attached hydrogen (secondary N) is 5. The summed E-state index contributed by atoms with van der Waals surface area (Å²) < 4.78 is 11.2. The SMILES string of the molecule is CCCC(=O)NC(CCC(=O)O)C(=O)NC1C(=O)NC(CC(C)C)C(=O)NC2CCC(O)N(C2=O)C(Cc2ccccc2)C(=O)N(C)C(Cc2ccc(OC)cc2)C(=O)NC(C(C)C)C(=O)OC1C. The fourth-order valence-electron chi connectivity index (χ4n) is 8.31. The van der Waals surface area contributed by atoms with E-state index in [9.17, 15) is 48.6 Å². The molecule has 2 aromatic rings. The molecule has 2 aliphatic heterocycles. The van der Waals surface area contributed by atoms with E-state index in [1.807, 2.05) is 0 Å². The van der Waals surface area contributed by atoms with Crippen LogP contribution in [0.5, 0.6) is 5.75 Å². The fourth-order valence-corrected chi connectivity index (χ4v) is 8.31. The van der Waals surface area contributed by atoms with Crippen molar-refractivity contribution >= 4 is 53.3 Å². The highest BCUT2D eigenvalue weighted by molar-refractivity contribution is 5.98. The Morgan fingerprint density at radius 1 is 0.826 bits per heavy atom. The van der Waals surface area contributed by atoms with Crippen molar-refractivity contribution in [2.24, 2.45) is 11.8 Å². The Labute approximate surface area is 403 Å². The van der Waals surface area contributed by atoms with Crippen molar-refractivity contribution in [1.82, 2.24) is 36.4 Å². The van der Waals surface area contributed by atoms with Crippen LogP contribution in [-0.2, 0) is 60.7 Å². The van der Waals surface area contributed by atoms with Crippen molar-refractivity contribution in [3.63, 3.8) is 0 Å². The van der Waals surface area contributed by atoms with Crippen molar-refractivity contribution < 1.29 is 62.8 Å². The number of carbonyl (C=O) groups excluding carboxylic acids is 8. The quantitative estimate of drug-likeness (QED) is 0.117. The Morgan fingerprint density at radius 2 is 1.46 bits per heavy atom. The molecule has 9 unspecified atom stereocenters. The van der Waals surface area contributed by atoms with Crippen LogP contribution in [0.4, 0.5) is 0 Å². The van der Waals surface area contributed by atoms with Crippen LogP contribution in [0.25, 0.3) is 0 Å². The number of fused-ring (bicyclic) bond motifs is 2. The molecule has 7 N–H and O–H groups in total. The lowest BCUT2D eigenvalue weighted by molar-refractivity contribution is -0.165. The number of aliphatic hydroxyl groups excluding tert-OH is 1. The van der Waals surface area contributed by atoms with E-state index in [0.717, 1.165) is 4.90 Å². The van der Waals surface area contributed by atoms with E-state index in [-0.39, 0.29) is 50.9 Å². The Hall–Kier alpha value is -6.57. The zero-order valence-electron chi connectivity index (χ0n) is 40.7. The predicted octanol–water partition coefficient (Wildman–Crippen LogP) is 1.35. The number of esters is 1. The summed E-state index contributed by atoms with van der Waals surface area (Å²) in [6.45, 7) is 9.86. The van der Waals surface area contributed by atoms with E-state index < -0.39 is 120 Å². The number of benzene rings is 2. The van der Waals surface area contributed by atoms with Gasteiger partial charge in [-0.1, -0.05) is 77.1 Å². The minimum atomic E-state index is -1.77. The maximum atomic E-state index is 15.1. The minimum Gasteiger partial charge on any atom is -0.497 e. The molecule has 9 atom stereocenters. The Balaban J connectivity index is 1.88. The van der Waals surface area contributed by atoms with E-state index in [2.05, 4.69) is 26.6 Å². The van der Waals surface area contributed by atoms with Crippen molar-refractivity contribution in [3.8, 4) is 5.75 Å². The van der Waals surface area contributed by atoms with Crippen LogP contribution >= 0.6 is 0 Å². The number of cyclic esters (lactones) is 1. The van der Waals surface area contributed by atoms with Gasteiger partial charge in [0, 0.05) is 32.7 Å². The lowest BCUT2D eigenvalue weighted by Gasteiger charge is -2.43. The first kappa shape index (κ1) is 55.0. The number of rotatable bonds is 16. The zero-order chi connectivity index (χ0) is 51.1. The van der Waals surface area contributed by atoms with Gasteiger partial charge in [0.1, 0.15) is 60.4 Å². The second-order valence-electron chi connectivity index (χ2n) is 18.4. The Morgan fingerprint density at radius 3 is 2.06 bits per heavy atom. The van der Waals surface area contributed by atoms with Crippen LogP contribution in [0, 0.1) is 11.8 Å². The highest BCUT2D eigenvalue weighted by Gasteiger charge is 2.46. The average molecular weight is 964 g/mol. The number of ether oxygens (including phenoxy) is 2. The van der Waals surface area contributed by atoms with Gasteiger partial charge in [-0.15, -0.1) is 0 Å². The molecule has 2 saturated heterocycles. The molecule has 4 rings (SSSR count). The van der Waals surface area contributed by atoms with Crippen LogP contribution in [0.15, 0.2) is 54.6 Å². The van der Waals surface area contributed by atoms with E-state index >= 15 is 4.79 Å². The van der Waals surface area contributed by atoms with Gasteiger partial charge in [-0.05, 0) is 74.1 Å². The number of aliphatic carboxylic acids is 1. The third-order valence-electron chi connectivity index (χ3n) is 12.2. The second kappa shape index (κ2) is 25.7. The van der Waals surface area contributed by atoms with Crippen molar-refractivity contribution in [2.45, 2.75) is 154 Å². The van der Waals surface area contributed by atoms with E-state index in [1.165, 1.54) is 26.0 Å². The summed E-state index contributed by atoms with van der Waals surface area (Å²) in [5.41, 5.74) is 1.22. The van der Waals surface area contributed by atoms with Gasteiger partial charge in [-0.25, -0.2) is 4.79 Å². The number of carbonyl (C=O) groups is 9. The first-order valence-corrected chi connectivity index (χ1v) is 23.5. The molecule has 20 nitrogen and oxygen atoms in total. The first-order chi connectivity index (χ1) is 32.6. The molecule has 2 bridgehead atoms. The molecular formula is C49H69N7O13. The number of amides is 7. The van der Waals surface area contributed by atoms with Gasteiger partial charge >= 0.3 is 11.9 Å². The summed E-state index contributed by atoms with van der Waals surface area (Å²) >= 11 is 0. The van der Waals surface area contributed by atoms with Gasteiger partial charge in [-0.2, -0.15) is 0 Å². The molecular weight excluding hydrogens is 895 g/mol. The highest BCUT2D eigenvalue weighted by atomic mass is 16.5. The van der Waals surface area contributed by atoms with Gasteiger partial charge in [0.2, 0.25) is 41.4 Å². The molecule has 7 amide bonds. The van der Waals surface area contributed by atoms with E-state index in [4.69, 9.17) is 9.47 Å². The number of nitrogens with zero attached hydrogens (tertiary/aromatic N) is 2. The minimum absolute atomic E-state index is 0.0158. The summed E-state index contributed by atoms with van der Waals surface area (Å²) in [5.74, 6) is -8.29. The number of methoxy groups -OCH3 is 1. The predicted molar refractivity (Wildman–Crippen MR) is 251 cm³/mol. The molecule has 0 spiro atoms. The number of likely N-dealkylation sites (N-methyl/N-ethyl adjacent to an activating group) is 1. The summed E-state index contributed by atoms with van der Waals surface area (Å²) in [6, 6.07) is 5.53. The average Bonchev–Trinajstić information content (AvgIpc) is 3.30. The molecule has 20 heteroatoms. The highest BCUT2D eigenvalue weighted by Crippen LogP contribution is 2.26. The molecule has 2 fully saturated rings. The van der Waals surface area contributed by atoms with Gasteiger partial charge in [0.05, 0.1) is 7.11 Å². The largest absolute Gasteiger partial charge is 0.497 e. The monoisotopic (exact) mass is 963 g/mol. The van der Waals surface area contributed by atoms with Crippen LogP contribution < -0.4 is 31.3 Å². The summed E-state index contributed by atoms with van der Waals surface area (Å²) in [6.07, 6.45) is -3.74. The van der Waals surface area contributed by atoms with Gasteiger partial charge in [-0.3, -0.25) is 38.4 Å². The van der Waals surface area contributed by atoms with Crippen molar-refractivity contribution in [3.05, 3.63) is 65.7 Å². The van der Waals surface area contributed by atoms with Crippen LogP contribution in [0.3, 0.4) is 0 Å². The molecule has 2 heterocycles. The molecule has 2 aromatic carbocycles. The number of piperidine rings is 1. The molecule has 0 aromatic heterocycles. The lowest BCUT2D eigenvalue weighted by atomic mass is 9.95. The van der Waals surface area contributed by atoms with Crippen LogP contribution in [0.2, 0.25) is 0 Å². The van der Waals surface area contributed by atoms with E-state index in [1.54, 1.807) is 89.2 Å². The number of carboxylic acid groups (broad SMARTS) is 1. The lowest BCUT2D eigenvalue weighted by Crippen LogP contribution is -2.65. The summed E-state index contributed by atoms with van der Waals surface area (Å²) in [5, 5.41) is 34.1. The second-order valence-corrected chi connectivity index (χ2v) is 18.4. The number of aliphatic hydroxyl groups is 1. The normalized spacial score (nSPS) is 24.7. The third kappa shape index (κ3) is 15.5. The standard InChI is InChI=1S/C49H69N7O13/c1-9-13-38(57)50-33(21-23-40(59)60)43(61)54-42-29(6)69-49(67)41(28(4)5)53-45(63)36(25-31-16-18-32(68-8)19-17-31)55(7)48(66)37(26-30-14-11-10-12-15-30)56-39(58)22-20-34(47(56)65)51-44(62)35(24-27(2)3)52-46(42)64/h10-12,14-19,27-29,33-37,39,41-42,58H,9,13,20-26H2,1-8H3,(H,50,57)(H,51,62)(H,52,64)(H,53,63)(H,54,61)(H,59,60). The van der Waals surface area contributed by atoms with Crippen LogP contribution in [0.1, 0.15) is 97.6 Å². The zero-order valence-corrected chi connectivity index (χ0v) is 40.7. The number of hydrogen-bond acceptors (Lipinski definition) is 12. The molecule has 2 aliphatic rings. The first-order valence-electron chi connectivity index (χ1n) is 23.5. The molecule has 0 aliphatic carbocycles. The van der Waals surface area contributed by atoms with Crippen molar-refractivity contribution in [2.75, 3.05) is 14.2 Å². The fraction of sp³-hybridized carbons (Fsp3) is 0.571. The van der Waals surface area contributed by atoms with Crippen LogP contribution in [-0.4, -0.2) is 142 Å². The Bertz CT molecular complexity index is 2140. The maximum absolute atomic E-state index is 15.1. The topological polar surface area (TPSA) is 279 Å². The number of hydrogen-bond donors (Lipinski definition) is 7. The summed E-state index contributed by atoms with van der Waals surface area (Å²) in [7, 11) is 2.88. The number of carboxylic acids is 1. The van der Waals surface area contributed by atoms with Gasteiger partial charge in [0.25, 0.3) is 0 Å². The van der Waals surface area contributed by atoms with Crippen molar-refractivity contribution in [1.29, 1.82) is 0 Å². The maximum Gasteiger partial charge on any atom is 0.329 e. The molecule has 0 radical (unpaired) electrons.